The maximum atomic E-state index is 13.9. The molecule has 42 heavy (non-hydrogen) atoms. The summed E-state index contributed by atoms with van der Waals surface area (Å²) in [4.78, 5) is 41.1. The summed E-state index contributed by atoms with van der Waals surface area (Å²) in [6, 6.07) is 15.8. The highest BCUT2D eigenvalue weighted by Crippen LogP contribution is 2.44. The summed E-state index contributed by atoms with van der Waals surface area (Å²) >= 11 is 0. The van der Waals surface area contributed by atoms with E-state index in [1.807, 2.05) is 52.0 Å². The van der Waals surface area contributed by atoms with Gasteiger partial charge in [-0.3, -0.25) is 9.59 Å². The first kappa shape index (κ1) is 33.1. The van der Waals surface area contributed by atoms with E-state index in [1.165, 1.54) is 7.11 Å². The summed E-state index contributed by atoms with van der Waals surface area (Å²) in [5, 5.41) is 0. The second-order valence-corrected chi connectivity index (χ2v) is 12.5. The van der Waals surface area contributed by atoms with E-state index in [2.05, 4.69) is 24.3 Å². The minimum Gasteiger partial charge on any atom is -0.465 e. The first-order chi connectivity index (χ1) is 19.8. The molecule has 0 saturated heterocycles. The van der Waals surface area contributed by atoms with Crippen molar-refractivity contribution >= 4 is 18.0 Å². The summed E-state index contributed by atoms with van der Waals surface area (Å²) in [6.07, 6.45) is -1.28. The predicted octanol–water partition coefficient (Wildman–Crippen LogP) is 6.80. The van der Waals surface area contributed by atoms with E-state index in [4.69, 9.17) is 18.9 Å². The van der Waals surface area contributed by atoms with E-state index >= 15 is 0 Å². The highest BCUT2D eigenvalue weighted by Gasteiger charge is 2.40. The normalized spacial score (nSPS) is 15.7. The standard InChI is InChI=1S/C34H47NO7/c1-10-22(4)30(32(39-9)41-33(38)42-34(5,6)7)35(8)31(37)27(21(2)3)19-29(36)40-20-28-25-17-13-11-15-23(25)24-16-12-14-18-26(24)28/h11-18,21-22,27-28,30,32H,10,19-20H2,1-9H3/t22-,27-,30-,32+/m0/s1. The van der Waals surface area contributed by atoms with Crippen LogP contribution in [0.5, 0.6) is 0 Å². The third kappa shape index (κ3) is 7.91. The Morgan fingerprint density at radius 3 is 1.95 bits per heavy atom. The van der Waals surface area contributed by atoms with E-state index in [9.17, 15) is 14.4 Å². The number of ether oxygens (including phenoxy) is 4. The lowest BCUT2D eigenvalue weighted by Gasteiger charge is -2.39. The number of esters is 1. The van der Waals surface area contributed by atoms with Gasteiger partial charge in [-0.15, -0.1) is 0 Å². The molecule has 0 unspecified atom stereocenters. The van der Waals surface area contributed by atoms with Gasteiger partial charge in [-0.25, -0.2) is 4.79 Å². The van der Waals surface area contributed by atoms with Crippen LogP contribution >= 0.6 is 0 Å². The van der Waals surface area contributed by atoms with Crippen LogP contribution in [0.15, 0.2) is 48.5 Å². The van der Waals surface area contributed by atoms with E-state index in [0.29, 0.717) is 6.42 Å². The Labute approximate surface area is 250 Å². The lowest BCUT2D eigenvalue weighted by Crippen LogP contribution is -2.53. The maximum absolute atomic E-state index is 13.9. The quantitative estimate of drug-likeness (QED) is 0.201. The number of rotatable bonds is 12. The molecule has 1 aliphatic rings. The SMILES string of the molecule is CC[C@H](C)[C@@H]([C@H](OC)OC(=O)OC(C)(C)C)N(C)C(=O)[C@@H](CC(=O)OCC1c2ccccc2-c2ccccc21)C(C)C. The van der Waals surface area contributed by atoms with E-state index in [1.54, 1.807) is 32.7 Å². The van der Waals surface area contributed by atoms with E-state index in [0.717, 1.165) is 22.3 Å². The Morgan fingerprint density at radius 2 is 1.48 bits per heavy atom. The zero-order valence-electron chi connectivity index (χ0n) is 26.5. The molecule has 4 atom stereocenters. The number of methoxy groups -OCH3 is 1. The fraction of sp³-hybridized carbons (Fsp3) is 0.559. The molecule has 0 radical (unpaired) electrons. The molecular weight excluding hydrogens is 534 g/mol. The number of benzene rings is 2. The van der Waals surface area contributed by atoms with Crippen molar-refractivity contribution in [2.45, 2.75) is 85.2 Å². The minimum absolute atomic E-state index is 0.0560. The van der Waals surface area contributed by atoms with Gasteiger partial charge in [0.25, 0.3) is 0 Å². The van der Waals surface area contributed by atoms with E-state index in [-0.39, 0.29) is 36.7 Å². The van der Waals surface area contributed by atoms with Crippen LogP contribution in [0.1, 0.15) is 78.4 Å². The number of carbonyl (C=O) groups is 3. The summed E-state index contributed by atoms with van der Waals surface area (Å²) in [6.45, 7) is 13.2. The highest BCUT2D eigenvalue weighted by atomic mass is 16.8. The van der Waals surface area contributed by atoms with Crippen LogP contribution in [-0.2, 0) is 28.5 Å². The van der Waals surface area contributed by atoms with Crippen molar-refractivity contribution in [1.82, 2.24) is 4.90 Å². The molecule has 0 aliphatic heterocycles. The van der Waals surface area contributed by atoms with Gasteiger partial charge in [-0.1, -0.05) is 82.6 Å². The number of amides is 1. The van der Waals surface area contributed by atoms with Gasteiger partial charge in [0.2, 0.25) is 12.2 Å². The van der Waals surface area contributed by atoms with Crippen molar-refractivity contribution in [3.8, 4) is 11.1 Å². The average molecular weight is 582 g/mol. The number of hydrogen-bond acceptors (Lipinski definition) is 7. The Morgan fingerprint density at radius 1 is 0.929 bits per heavy atom. The van der Waals surface area contributed by atoms with Gasteiger partial charge >= 0.3 is 12.1 Å². The van der Waals surface area contributed by atoms with Gasteiger partial charge in [-0.05, 0) is 54.9 Å². The van der Waals surface area contributed by atoms with Crippen molar-refractivity contribution in [3.63, 3.8) is 0 Å². The number of nitrogens with zero attached hydrogens (tertiary/aromatic N) is 1. The average Bonchev–Trinajstić information content (AvgIpc) is 3.26. The molecule has 0 bridgehead atoms. The van der Waals surface area contributed by atoms with Crippen LogP contribution in [-0.4, -0.2) is 61.6 Å². The van der Waals surface area contributed by atoms with Gasteiger partial charge in [-0.2, -0.15) is 0 Å². The zero-order chi connectivity index (χ0) is 31.2. The third-order valence-electron chi connectivity index (χ3n) is 8.02. The fourth-order valence-electron chi connectivity index (χ4n) is 5.57. The molecule has 0 saturated carbocycles. The number of fused-ring (bicyclic) bond motifs is 3. The van der Waals surface area contributed by atoms with Gasteiger partial charge in [0.05, 0.1) is 18.4 Å². The molecule has 8 heteroatoms. The fourth-order valence-corrected chi connectivity index (χ4v) is 5.57. The Bertz CT molecular complexity index is 1190. The molecule has 8 nitrogen and oxygen atoms in total. The van der Waals surface area contributed by atoms with Crippen molar-refractivity contribution in [2.75, 3.05) is 20.8 Å². The summed E-state index contributed by atoms with van der Waals surface area (Å²) < 4.78 is 22.2. The topological polar surface area (TPSA) is 91.4 Å². The van der Waals surface area contributed by atoms with Crippen molar-refractivity contribution < 1.29 is 33.3 Å². The van der Waals surface area contributed by atoms with Crippen LogP contribution in [0.3, 0.4) is 0 Å². The molecule has 1 amide bonds. The molecule has 0 N–H and O–H groups in total. The highest BCUT2D eigenvalue weighted by molar-refractivity contribution is 5.84. The lowest BCUT2D eigenvalue weighted by atomic mass is 9.89. The van der Waals surface area contributed by atoms with Gasteiger partial charge in [0, 0.05) is 20.1 Å². The second kappa shape index (κ2) is 14.2. The van der Waals surface area contributed by atoms with Gasteiger partial charge in [0.15, 0.2) is 0 Å². The van der Waals surface area contributed by atoms with Gasteiger partial charge < -0.3 is 23.8 Å². The smallest absolute Gasteiger partial charge is 0.465 e. The molecular formula is C34H47NO7. The monoisotopic (exact) mass is 581 g/mol. The number of likely N-dealkylation sites (N-methyl/N-ethyl adjacent to an activating group) is 1. The zero-order valence-corrected chi connectivity index (χ0v) is 26.5. The third-order valence-corrected chi connectivity index (χ3v) is 8.02. The largest absolute Gasteiger partial charge is 0.511 e. The molecule has 230 valence electrons. The molecule has 1 aliphatic carbocycles. The number of carbonyl (C=O) groups excluding carboxylic acids is 3. The molecule has 0 spiro atoms. The molecule has 0 heterocycles. The second-order valence-electron chi connectivity index (χ2n) is 12.5. The maximum Gasteiger partial charge on any atom is 0.511 e. The first-order valence-corrected chi connectivity index (χ1v) is 14.8. The Kier molecular flexibility index (Phi) is 11.2. The Hall–Kier alpha value is -3.39. The van der Waals surface area contributed by atoms with Crippen molar-refractivity contribution in [1.29, 1.82) is 0 Å². The van der Waals surface area contributed by atoms with Crippen LogP contribution < -0.4 is 0 Å². The molecule has 0 fully saturated rings. The predicted molar refractivity (Wildman–Crippen MR) is 162 cm³/mol. The van der Waals surface area contributed by atoms with Crippen LogP contribution in [0, 0.1) is 17.8 Å². The van der Waals surface area contributed by atoms with E-state index < -0.39 is 36.0 Å². The lowest BCUT2D eigenvalue weighted by molar-refractivity contribution is -0.173. The first-order valence-electron chi connectivity index (χ1n) is 14.8. The van der Waals surface area contributed by atoms with Gasteiger partial charge in [0.1, 0.15) is 12.2 Å². The number of hydrogen-bond donors (Lipinski definition) is 0. The molecule has 0 aromatic heterocycles. The molecule has 2 aromatic rings. The molecule has 3 rings (SSSR count). The van der Waals surface area contributed by atoms with Crippen LogP contribution in [0.25, 0.3) is 11.1 Å². The summed E-state index contributed by atoms with van der Waals surface area (Å²) in [5.41, 5.74) is 3.84. The molecule has 2 aromatic carbocycles. The van der Waals surface area contributed by atoms with Crippen molar-refractivity contribution in [2.24, 2.45) is 17.8 Å². The van der Waals surface area contributed by atoms with Crippen LogP contribution in [0.2, 0.25) is 0 Å². The summed E-state index contributed by atoms with van der Waals surface area (Å²) in [5.74, 6) is -1.56. The Balaban J connectivity index is 1.72. The van der Waals surface area contributed by atoms with Crippen molar-refractivity contribution in [3.05, 3.63) is 59.7 Å². The summed E-state index contributed by atoms with van der Waals surface area (Å²) in [7, 11) is 3.09. The van der Waals surface area contributed by atoms with Crippen LogP contribution in [0.4, 0.5) is 4.79 Å². The minimum atomic E-state index is -1.05.